The summed E-state index contributed by atoms with van der Waals surface area (Å²) in [6.45, 7) is 0. The predicted molar refractivity (Wildman–Crippen MR) is 86.7 cm³/mol. The highest BCUT2D eigenvalue weighted by Crippen LogP contribution is 2.26. The molecule has 0 amide bonds. The summed E-state index contributed by atoms with van der Waals surface area (Å²) in [6.07, 6.45) is 0. The molecule has 1 heterocycles. The molecule has 3 aromatic rings. The van der Waals surface area contributed by atoms with Crippen LogP contribution in [0.3, 0.4) is 0 Å². The molecule has 0 spiro atoms. The van der Waals surface area contributed by atoms with Crippen LogP contribution in [-0.2, 0) is 23.6 Å². The molecule has 3 rings (SSSR count). The van der Waals surface area contributed by atoms with Crippen LogP contribution in [0, 0.1) is 0 Å². The molecule has 6 heteroatoms. The number of rotatable bonds is 3. The zero-order valence-corrected chi connectivity index (χ0v) is 13.0. The Morgan fingerprint density at radius 1 is 1.29 bits per heavy atom. The van der Waals surface area contributed by atoms with Gasteiger partial charge in [-0.1, -0.05) is 29.8 Å². The Labute approximate surface area is 130 Å². The summed E-state index contributed by atoms with van der Waals surface area (Å²) in [4.78, 5) is 0.584. The molecule has 0 aliphatic rings. The van der Waals surface area contributed by atoms with Crippen molar-refractivity contribution in [1.82, 2.24) is 9.78 Å². The number of aryl methyl sites for hydroxylation is 1. The number of halogens is 1. The van der Waals surface area contributed by atoms with Gasteiger partial charge in [0.25, 0.3) is 0 Å². The average molecular weight is 320 g/mol. The van der Waals surface area contributed by atoms with Crippen LogP contribution >= 0.6 is 11.6 Å². The van der Waals surface area contributed by atoms with Gasteiger partial charge in [-0.3, -0.25) is 8.89 Å². The SMILES string of the molecule is Cn1nc(CS(=O)c2ccc(N)cc2Cl)c2ccccc21. The van der Waals surface area contributed by atoms with Gasteiger partial charge in [-0.15, -0.1) is 0 Å². The summed E-state index contributed by atoms with van der Waals surface area (Å²) in [7, 11) is 0.620. The third kappa shape index (κ3) is 2.66. The zero-order valence-electron chi connectivity index (χ0n) is 11.4. The fourth-order valence-electron chi connectivity index (χ4n) is 2.30. The smallest absolute Gasteiger partial charge is 0.0831 e. The van der Waals surface area contributed by atoms with E-state index < -0.39 is 10.8 Å². The molecule has 1 atom stereocenters. The van der Waals surface area contributed by atoms with E-state index in [0.717, 1.165) is 16.6 Å². The van der Waals surface area contributed by atoms with Crippen LogP contribution in [0.5, 0.6) is 0 Å². The lowest BCUT2D eigenvalue weighted by atomic mass is 10.2. The quantitative estimate of drug-likeness (QED) is 0.754. The maximum Gasteiger partial charge on any atom is 0.0831 e. The Balaban J connectivity index is 1.97. The van der Waals surface area contributed by atoms with Crippen molar-refractivity contribution in [3.63, 3.8) is 0 Å². The lowest BCUT2D eigenvalue weighted by molar-refractivity contribution is 0.681. The van der Waals surface area contributed by atoms with Crippen molar-refractivity contribution in [1.29, 1.82) is 0 Å². The molecule has 0 saturated carbocycles. The number of hydrogen-bond donors (Lipinski definition) is 1. The minimum absolute atomic E-state index is 0.324. The molecule has 0 aliphatic carbocycles. The summed E-state index contributed by atoms with van der Waals surface area (Å²) < 4.78 is 14.3. The number of nitrogens with two attached hydrogens (primary N) is 1. The van der Waals surface area contributed by atoms with Gasteiger partial charge < -0.3 is 5.73 Å². The molecule has 21 heavy (non-hydrogen) atoms. The summed E-state index contributed by atoms with van der Waals surface area (Å²) in [5.74, 6) is 0.324. The van der Waals surface area contributed by atoms with Crippen LogP contribution in [-0.4, -0.2) is 14.0 Å². The summed E-state index contributed by atoms with van der Waals surface area (Å²) in [5.41, 5.74) is 8.04. The molecule has 0 fully saturated rings. The van der Waals surface area contributed by atoms with Crippen molar-refractivity contribution in [3.8, 4) is 0 Å². The molecule has 1 unspecified atom stereocenters. The minimum atomic E-state index is -1.26. The summed E-state index contributed by atoms with van der Waals surface area (Å²) in [6, 6.07) is 12.9. The third-order valence-corrected chi connectivity index (χ3v) is 5.11. The van der Waals surface area contributed by atoms with Crippen molar-refractivity contribution in [2.75, 3.05) is 5.73 Å². The maximum absolute atomic E-state index is 12.5. The van der Waals surface area contributed by atoms with Gasteiger partial charge in [-0.2, -0.15) is 5.10 Å². The van der Waals surface area contributed by atoms with E-state index >= 15 is 0 Å². The highest BCUT2D eigenvalue weighted by Gasteiger charge is 2.14. The first-order valence-electron chi connectivity index (χ1n) is 6.40. The standard InChI is InChI=1S/C15H14ClN3OS/c1-19-14-5-3-2-4-11(14)13(18-19)9-21(20)15-7-6-10(17)8-12(15)16/h2-8H,9,17H2,1H3. The van der Waals surface area contributed by atoms with Crippen LogP contribution in [0.2, 0.25) is 5.02 Å². The Bertz CT molecular complexity index is 844. The first-order chi connectivity index (χ1) is 10.1. The monoisotopic (exact) mass is 319 g/mol. The molecule has 0 saturated heterocycles. The van der Waals surface area contributed by atoms with Crippen molar-refractivity contribution >= 4 is 39.0 Å². The molecule has 2 N–H and O–H groups in total. The maximum atomic E-state index is 12.5. The van der Waals surface area contributed by atoms with Crippen molar-refractivity contribution in [2.24, 2.45) is 7.05 Å². The van der Waals surface area contributed by atoms with Gasteiger partial charge in [0, 0.05) is 18.1 Å². The lowest BCUT2D eigenvalue weighted by Gasteiger charge is -2.04. The van der Waals surface area contributed by atoms with Crippen LogP contribution < -0.4 is 5.73 Å². The second kappa shape index (κ2) is 5.50. The fourth-order valence-corrected chi connectivity index (χ4v) is 3.86. The number of para-hydroxylation sites is 1. The van der Waals surface area contributed by atoms with E-state index in [1.54, 1.807) is 22.9 Å². The van der Waals surface area contributed by atoms with E-state index in [4.69, 9.17) is 17.3 Å². The molecule has 2 aromatic carbocycles. The predicted octanol–water partition coefficient (Wildman–Crippen LogP) is 3.12. The van der Waals surface area contributed by atoms with Crippen LogP contribution in [0.15, 0.2) is 47.4 Å². The van der Waals surface area contributed by atoms with Gasteiger partial charge in [0.05, 0.1) is 37.7 Å². The number of nitrogens with zero attached hydrogens (tertiary/aromatic N) is 2. The van der Waals surface area contributed by atoms with E-state index in [2.05, 4.69) is 5.10 Å². The lowest BCUT2D eigenvalue weighted by Crippen LogP contribution is -2.00. The van der Waals surface area contributed by atoms with Gasteiger partial charge in [-0.25, -0.2) is 0 Å². The van der Waals surface area contributed by atoms with Crippen molar-refractivity contribution in [2.45, 2.75) is 10.6 Å². The Hall–Kier alpha value is -1.85. The first-order valence-corrected chi connectivity index (χ1v) is 8.10. The normalized spacial score (nSPS) is 12.7. The first kappa shape index (κ1) is 14.1. The van der Waals surface area contributed by atoms with Gasteiger partial charge in [0.2, 0.25) is 0 Å². The third-order valence-electron chi connectivity index (χ3n) is 3.30. The van der Waals surface area contributed by atoms with Crippen molar-refractivity contribution in [3.05, 3.63) is 53.2 Å². The minimum Gasteiger partial charge on any atom is -0.399 e. The van der Waals surface area contributed by atoms with Gasteiger partial charge >= 0.3 is 0 Å². The zero-order chi connectivity index (χ0) is 15.0. The van der Waals surface area contributed by atoms with Crippen LogP contribution in [0.25, 0.3) is 10.9 Å². The Kier molecular flexibility index (Phi) is 3.69. The van der Waals surface area contributed by atoms with Gasteiger partial charge in [0.1, 0.15) is 0 Å². The average Bonchev–Trinajstić information content (AvgIpc) is 2.76. The number of nitrogen functional groups attached to an aromatic ring is 1. The van der Waals surface area contributed by atoms with Crippen LogP contribution in [0.4, 0.5) is 5.69 Å². The van der Waals surface area contributed by atoms with Gasteiger partial charge in [0.15, 0.2) is 0 Å². The molecule has 1 aromatic heterocycles. The topological polar surface area (TPSA) is 60.9 Å². The van der Waals surface area contributed by atoms with E-state index in [-0.39, 0.29) is 0 Å². The van der Waals surface area contributed by atoms with E-state index in [1.165, 1.54) is 0 Å². The molecular formula is C15H14ClN3OS. The molecule has 108 valence electrons. The molecular weight excluding hydrogens is 306 g/mol. The van der Waals surface area contributed by atoms with Crippen molar-refractivity contribution < 1.29 is 4.21 Å². The molecule has 0 radical (unpaired) electrons. The second-order valence-electron chi connectivity index (χ2n) is 4.77. The number of hydrogen-bond acceptors (Lipinski definition) is 3. The van der Waals surface area contributed by atoms with Crippen LogP contribution in [0.1, 0.15) is 5.69 Å². The summed E-state index contributed by atoms with van der Waals surface area (Å²) >= 11 is 6.12. The molecule has 0 bridgehead atoms. The molecule has 4 nitrogen and oxygen atoms in total. The number of anilines is 1. The van der Waals surface area contributed by atoms with E-state index in [0.29, 0.717) is 21.4 Å². The Morgan fingerprint density at radius 2 is 2.05 bits per heavy atom. The Morgan fingerprint density at radius 3 is 2.81 bits per heavy atom. The summed E-state index contributed by atoms with van der Waals surface area (Å²) in [5, 5.41) is 5.90. The number of benzene rings is 2. The largest absolute Gasteiger partial charge is 0.399 e. The number of aromatic nitrogens is 2. The van der Waals surface area contributed by atoms with E-state index in [1.807, 2.05) is 31.3 Å². The second-order valence-corrected chi connectivity index (χ2v) is 6.59. The molecule has 0 aliphatic heterocycles. The number of fused-ring (bicyclic) bond motifs is 1. The fraction of sp³-hybridized carbons (Fsp3) is 0.133. The van der Waals surface area contributed by atoms with E-state index in [9.17, 15) is 4.21 Å². The van der Waals surface area contributed by atoms with Gasteiger partial charge in [-0.05, 0) is 24.3 Å². The highest BCUT2D eigenvalue weighted by molar-refractivity contribution is 7.84. The highest BCUT2D eigenvalue weighted by atomic mass is 35.5.